The van der Waals surface area contributed by atoms with Crippen molar-refractivity contribution < 1.29 is 4.74 Å². The van der Waals surface area contributed by atoms with Crippen LogP contribution in [0.3, 0.4) is 0 Å². The fourth-order valence-electron chi connectivity index (χ4n) is 3.53. The van der Waals surface area contributed by atoms with Crippen LogP contribution in [0.15, 0.2) is 48.5 Å². The first-order chi connectivity index (χ1) is 14.2. The summed E-state index contributed by atoms with van der Waals surface area (Å²) in [6.45, 7) is 9.11. The zero-order valence-electron chi connectivity index (χ0n) is 18.3. The fraction of sp³-hybridized carbons (Fsp3) is 0.520. The molecule has 0 spiro atoms. The minimum atomic E-state index is 0.151. The van der Waals surface area contributed by atoms with Crippen molar-refractivity contribution in [1.82, 2.24) is 10.2 Å². The van der Waals surface area contributed by atoms with E-state index in [-0.39, 0.29) is 6.04 Å². The van der Waals surface area contributed by atoms with Gasteiger partial charge >= 0.3 is 0 Å². The summed E-state index contributed by atoms with van der Waals surface area (Å²) < 4.78 is 5.32. The molecule has 1 N–H and O–H groups in total. The Bertz CT molecular complexity index is 664. The van der Waals surface area contributed by atoms with Crippen LogP contribution in [0.2, 0.25) is 5.02 Å². The van der Waals surface area contributed by atoms with Crippen LogP contribution in [0.1, 0.15) is 63.1 Å². The molecule has 3 nitrogen and oxygen atoms in total. The normalized spacial score (nSPS) is 12.3. The number of halogens is 1. The Kier molecular flexibility index (Phi) is 11.2. The molecule has 0 aliphatic carbocycles. The number of benzene rings is 2. The summed E-state index contributed by atoms with van der Waals surface area (Å²) in [7, 11) is 1.70. The molecule has 0 aliphatic heterocycles. The van der Waals surface area contributed by atoms with Gasteiger partial charge < -0.3 is 15.0 Å². The maximum absolute atomic E-state index is 6.10. The predicted octanol–water partition coefficient (Wildman–Crippen LogP) is 6.32. The lowest BCUT2D eigenvalue weighted by Gasteiger charge is -2.24. The summed E-state index contributed by atoms with van der Waals surface area (Å²) >= 11 is 6.10. The molecule has 2 aromatic carbocycles. The number of hydrogen-bond acceptors (Lipinski definition) is 3. The van der Waals surface area contributed by atoms with Crippen LogP contribution < -0.4 is 10.1 Å². The molecule has 160 valence electrons. The summed E-state index contributed by atoms with van der Waals surface area (Å²) in [5.74, 6) is 0.881. The van der Waals surface area contributed by atoms with E-state index in [1.807, 2.05) is 24.3 Å². The second-order valence-electron chi connectivity index (χ2n) is 7.61. The van der Waals surface area contributed by atoms with Gasteiger partial charge in [-0.15, -0.1) is 0 Å². The first kappa shape index (κ1) is 23.7. The minimum Gasteiger partial charge on any atom is -0.497 e. The van der Waals surface area contributed by atoms with Crippen molar-refractivity contribution in [1.29, 1.82) is 0 Å². The molecule has 0 aliphatic rings. The molecule has 0 saturated heterocycles. The molecule has 0 aromatic heterocycles. The van der Waals surface area contributed by atoms with Crippen LogP contribution >= 0.6 is 11.6 Å². The Labute approximate surface area is 182 Å². The van der Waals surface area contributed by atoms with Gasteiger partial charge in [-0.3, -0.25) is 0 Å². The van der Waals surface area contributed by atoms with E-state index in [1.165, 1.54) is 49.9 Å². The Hall–Kier alpha value is -1.55. The minimum absolute atomic E-state index is 0.151. The SMILES string of the molecule is CCCCN(CCCC)CCCNC(c1ccc(Cl)cc1)c1ccc(OC)cc1. The molecule has 0 saturated carbocycles. The summed E-state index contributed by atoms with van der Waals surface area (Å²) in [6.07, 6.45) is 6.24. The van der Waals surface area contributed by atoms with E-state index in [1.54, 1.807) is 7.11 Å². The Morgan fingerprint density at radius 1 is 0.828 bits per heavy atom. The summed E-state index contributed by atoms with van der Waals surface area (Å²) in [6, 6.07) is 16.6. The average molecular weight is 417 g/mol. The van der Waals surface area contributed by atoms with Crippen molar-refractivity contribution in [2.24, 2.45) is 0 Å². The van der Waals surface area contributed by atoms with Crippen LogP contribution in [0.4, 0.5) is 0 Å². The molecule has 0 fully saturated rings. The topological polar surface area (TPSA) is 24.5 Å². The quantitative estimate of drug-likeness (QED) is 0.364. The maximum Gasteiger partial charge on any atom is 0.118 e. The highest BCUT2D eigenvalue weighted by Gasteiger charge is 2.14. The third-order valence-corrected chi connectivity index (χ3v) is 5.56. The van der Waals surface area contributed by atoms with Crippen LogP contribution in [-0.4, -0.2) is 38.2 Å². The van der Waals surface area contributed by atoms with Crippen LogP contribution in [-0.2, 0) is 0 Å². The highest BCUT2D eigenvalue weighted by Crippen LogP contribution is 2.25. The number of rotatable bonds is 14. The van der Waals surface area contributed by atoms with Crippen molar-refractivity contribution in [3.8, 4) is 5.75 Å². The number of methoxy groups -OCH3 is 1. The molecular formula is C25H37ClN2O. The lowest BCUT2D eigenvalue weighted by atomic mass is 9.98. The lowest BCUT2D eigenvalue weighted by molar-refractivity contribution is 0.260. The molecule has 0 amide bonds. The van der Waals surface area contributed by atoms with Crippen LogP contribution in [0.25, 0.3) is 0 Å². The largest absolute Gasteiger partial charge is 0.497 e. The standard InChI is InChI=1S/C25H37ClN2O/c1-4-6-18-28(19-7-5-2)20-8-17-27-25(21-9-13-23(26)14-10-21)22-11-15-24(29-3)16-12-22/h9-16,25,27H,4-8,17-20H2,1-3H3. The number of hydrogen-bond donors (Lipinski definition) is 1. The average Bonchev–Trinajstić information content (AvgIpc) is 2.76. The van der Waals surface area contributed by atoms with Crippen molar-refractivity contribution in [3.05, 3.63) is 64.7 Å². The van der Waals surface area contributed by atoms with Gasteiger partial charge in [-0.1, -0.05) is 62.6 Å². The van der Waals surface area contributed by atoms with E-state index in [0.717, 1.165) is 30.3 Å². The third-order valence-electron chi connectivity index (χ3n) is 5.31. The van der Waals surface area contributed by atoms with E-state index in [0.29, 0.717) is 0 Å². The van der Waals surface area contributed by atoms with Crippen LogP contribution in [0, 0.1) is 0 Å². The highest BCUT2D eigenvalue weighted by molar-refractivity contribution is 6.30. The van der Waals surface area contributed by atoms with E-state index >= 15 is 0 Å². The lowest BCUT2D eigenvalue weighted by Crippen LogP contribution is -2.31. The molecule has 0 radical (unpaired) electrons. The molecule has 4 heteroatoms. The fourth-order valence-corrected chi connectivity index (χ4v) is 3.65. The molecule has 29 heavy (non-hydrogen) atoms. The van der Waals surface area contributed by atoms with Crippen LogP contribution in [0.5, 0.6) is 5.75 Å². The van der Waals surface area contributed by atoms with Gasteiger partial charge in [0.05, 0.1) is 13.2 Å². The Morgan fingerprint density at radius 3 is 1.86 bits per heavy atom. The predicted molar refractivity (Wildman–Crippen MR) is 125 cm³/mol. The van der Waals surface area contributed by atoms with Crippen molar-refractivity contribution in [2.45, 2.75) is 52.0 Å². The van der Waals surface area contributed by atoms with E-state index < -0.39 is 0 Å². The second-order valence-corrected chi connectivity index (χ2v) is 8.05. The number of unbranched alkanes of at least 4 members (excludes halogenated alkanes) is 2. The molecule has 1 unspecified atom stereocenters. The van der Waals surface area contributed by atoms with Crippen molar-refractivity contribution >= 4 is 11.6 Å². The second kappa shape index (κ2) is 13.6. The van der Waals surface area contributed by atoms with E-state index in [9.17, 15) is 0 Å². The van der Waals surface area contributed by atoms with Gasteiger partial charge in [0.25, 0.3) is 0 Å². The zero-order chi connectivity index (χ0) is 20.9. The Morgan fingerprint density at radius 2 is 1.34 bits per heavy atom. The van der Waals surface area contributed by atoms with Gasteiger partial charge in [0.2, 0.25) is 0 Å². The Balaban J connectivity index is 1.98. The number of nitrogens with one attached hydrogen (secondary N) is 1. The maximum atomic E-state index is 6.10. The summed E-state index contributed by atoms with van der Waals surface area (Å²) in [5, 5.41) is 4.53. The molecule has 0 heterocycles. The van der Waals surface area contributed by atoms with E-state index in [2.05, 4.69) is 48.3 Å². The zero-order valence-corrected chi connectivity index (χ0v) is 19.0. The van der Waals surface area contributed by atoms with Crippen molar-refractivity contribution in [3.63, 3.8) is 0 Å². The van der Waals surface area contributed by atoms with Gasteiger partial charge in [-0.2, -0.15) is 0 Å². The van der Waals surface area contributed by atoms with Gasteiger partial charge in [0.15, 0.2) is 0 Å². The smallest absolute Gasteiger partial charge is 0.118 e. The first-order valence-corrected chi connectivity index (χ1v) is 11.4. The molecular weight excluding hydrogens is 380 g/mol. The molecule has 2 rings (SSSR count). The molecule has 1 atom stereocenters. The van der Waals surface area contributed by atoms with Gasteiger partial charge in [0.1, 0.15) is 5.75 Å². The van der Waals surface area contributed by atoms with Crippen molar-refractivity contribution in [2.75, 3.05) is 33.3 Å². The van der Waals surface area contributed by atoms with E-state index in [4.69, 9.17) is 16.3 Å². The van der Waals surface area contributed by atoms with Gasteiger partial charge in [-0.05, 0) is 80.8 Å². The molecule has 0 bridgehead atoms. The first-order valence-electron chi connectivity index (χ1n) is 11.0. The monoisotopic (exact) mass is 416 g/mol. The number of ether oxygens (including phenoxy) is 1. The number of nitrogens with zero attached hydrogens (tertiary/aromatic N) is 1. The van der Waals surface area contributed by atoms with Gasteiger partial charge in [-0.25, -0.2) is 0 Å². The third kappa shape index (κ3) is 8.38. The summed E-state index contributed by atoms with van der Waals surface area (Å²) in [4.78, 5) is 2.62. The summed E-state index contributed by atoms with van der Waals surface area (Å²) in [5.41, 5.74) is 2.47. The molecule has 2 aromatic rings. The highest BCUT2D eigenvalue weighted by atomic mass is 35.5. The van der Waals surface area contributed by atoms with Gasteiger partial charge in [0, 0.05) is 5.02 Å².